The SMILES string of the molecule is CC1=NN(c2ccccc2)C(=S)C1C=Nc1c(Br)cc(Cl)cc1Br. The van der Waals surface area contributed by atoms with Crippen molar-refractivity contribution in [3.63, 3.8) is 0 Å². The van der Waals surface area contributed by atoms with Crippen molar-refractivity contribution in [3.8, 4) is 0 Å². The maximum absolute atomic E-state index is 6.02. The zero-order valence-corrected chi connectivity index (χ0v) is 17.3. The van der Waals surface area contributed by atoms with Crippen LogP contribution in [0.3, 0.4) is 0 Å². The number of anilines is 1. The maximum Gasteiger partial charge on any atom is 0.119 e. The van der Waals surface area contributed by atoms with E-state index < -0.39 is 0 Å². The lowest BCUT2D eigenvalue weighted by Gasteiger charge is -2.15. The Bertz CT molecular complexity index is 829. The third kappa shape index (κ3) is 3.61. The van der Waals surface area contributed by atoms with E-state index in [0.29, 0.717) is 10.0 Å². The van der Waals surface area contributed by atoms with Gasteiger partial charge in [-0.05, 0) is 63.0 Å². The molecule has 0 N–H and O–H groups in total. The molecular weight excluding hydrogens is 474 g/mol. The van der Waals surface area contributed by atoms with E-state index in [4.69, 9.17) is 23.8 Å². The predicted molar refractivity (Wildman–Crippen MR) is 113 cm³/mol. The van der Waals surface area contributed by atoms with Crippen molar-refractivity contribution >= 4 is 84.0 Å². The Balaban J connectivity index is 1.87. The van der Waals surface area contributed by atoms with E-state index in [9.17, 15) is 0 Å². The minimum atomic E-state index is -0.116. The highest BCUT2D eigenvalue weighted by molar-refractivity contribution is 9.11. The summed E-state index contributed by atoms with van der Waals surface area (Å²) >= 11 is 18.6. The first-order valence-electron chi connectivity index (χ1n) is 7.10. The summed E-state index contributed by atoms with van der Waals surface area (Å²) in [6.45, 7) is 1.96. The van der Waals surface area contributed by atoms with Crippen molar-refractivity contribution in [2.24, 2.45) is 16.0 Å². The lowest BCUT2D eigenvalue weighted by Crippen LogP contribution is -2.26. The van der Waals surface area contributed by atoms with Gasteiger partial charge < -0.3 is 0 Å². The van der Waals surface area contributed by atoms with Crippen molar-refractivity contribution in [1.29, 1.82) is 0 Å². The van der Waals surface area contributed by atoms with Crippen LogP contribution in [0.2, 0.25) is 5.02 Å². The summed E-state index contributed by atoms with van der Waals surface area (Å²) in [5, 5.41) is 6.99. The molecule has 2 aromatic carbocycles. The molecule has 1 atom stereocenters. The van der Waals surface area contributed by atoms with Gasteiger partial charge in [0.25, 0.3) is 0 Å². The van der Waals surface area contributed by atoms with Gasteiger partial charge in [-0.25, -0.2) is 5.01 Å². The van der Waals surface area contributed by atoms with Gasteiger partial charge in [-0.15, -0.1) is 0 Å². The molecule has 24 heavy (non-hydrogen) atoms. The summed E-state index contributed by atoms with van der Waals surface area (Å²) in [5.41, 5.74) is 2.63. The van der Waals surface area contributed by atoms with E-state index in [1.807, 2.05) is 55.6 Å². The third-order valence-corrected chi connectivity index (χ3v) is 5.37. The second-order valence-electron chi connectivity index (χ2n) is 5.20. The molecule has 7 heteroatoms. The normalized spacial score (nSPS) is 17.7. The first-order chi connectivity index (χ1) is 11.5. The van der Waals surface area contributed by atoms with Gasteiger partial charge in [-0.1, -0.05) is 42.0 Å². The Kier molecular flexibility index (Phi) is 5.49. The number of hydrazone groups is 1. The minimum Gasteiger partial charge on any atom is -0.258 e. The topological polar surface area (TPSA) is 28.0 Å². The molecule has 0 bridgehead atoms. The Morgan fingerprint density at radius 1 is 1.21 bits per heavy atom. The first kappa shape index (κ1) is 17.7. The van der Waals surface area contributed by atoms with Crippen molar-refractivity contribution in [1.82, 2.24) is 0 Å². The summed E-state index contributed by atoms with van der Waals surface area (Å²) in [4.78, 5) is 5.30. The molecule has 0 fully saturated rings. The van der Waals surface area contributed by atoms with Crippen LogP contribution in [-0.4, -0.2) is 16.9 Å². The van der Waals surface area contributed by atoms with Crippen LogP contribution in [0.25, 0.3) is 0 Å². The van der Waals surface area contributed by atoms with Gasteiger partial charge in [-0.3, -0.25) is 4.99 Å². The highest BCUT2D eigenvalue weighted by Gasteiger charge is 2.29. The van der Waals surface area contributed by atoms with Crippen LogP contribution in [-0.2, 0) is 0 Å². The van der Waals surface area contributed by atoms with Gasteiger partial charge in [0.05, 0.1) is 23.0 Å². The quantitative estimate of drug-likeness (QED) is 0.371. The monoisotopic (exact) mass is 483 g/mol. The lowest BCUT2D eigenvalue weighted by molar-refractivity contribution is 1.17. The Morgan fingerprint density at radius 2 is 1.83 bits per heavy atom. The van der Waals surface area contributed by atoms with Crippen LogP contribution in [0.5, 0.6) is 0 Å². The van der Waals surface area contributed by atoms with Crippen molar-refractivity contribution in [2.45, 2.75) is 6.92 Å². The number of thiocarbonyl (C=S) groups is 1. The van der Waals surface area contributed by atoms with Gasteiger partial charge in [0.2, 0.25) is 0 Å². The Morgan fingerprint density at radius 3 is 2.46 bits per heavy atom. The molecule has 1 aliphatic rings. The fourth-order valence-corrected chi connectivity index (χ4v) is 4.56. The summed E-state index contributed by atoms with van der Waals surface area (Å²) in [7, 11) is 0. The average Bonchev–Trinajstić information content (AvgIpc) is 2.82. The van der Waals surface area contributed by atoms with E-state index in [2.05, 4.69) is 42.0 Å². The summed E-state index contributed by atoms with van der Waals surface area (Å²) < 4.78 is 1.63. The zero-order chi connectivity index (χ0) is 17.3. The minimum absolute atomic E-state index is 0.116. The van der Waals surface area contributed by atoms with Crippen LogP contribution < -0.4 is 5.01 Å². The zero-order valence-electron chi connectivity index (χ0n) is 12.6. The lowest BCUT2D eigenvalue weighted by atomic mass is 10.1. The molecular formula is C17H12Br2ClN3S. The van der Waals surface area contributed by atoms with Gasteiger partial charge in [0.1, 0.15) is 4.99 Å². The number of benzene rings is 2. The molecule has 0 amide bonds. The largest absolute Gasteiger partial charge is 0.258 e. The molecule has 1 unspecified atom stereocenters. The third-order valence-electron chi connectivity index (χ3n) is 3.52. The second-order valence-corrected chi connectivity index (χ2v) is 7.76. The van der Waals surface area contributed by atoms with Gasteiger partial charge in [0, 0.05) is 20.2 Å². The summed E-state index contributed by atoms with van der Waals surface area (Å²) in [5.74, 6) is -0.116. The fourth-order valence-electron chi connectivity index (χ4n) is 2.31. The summed E-state index contributed by atoms with van der Waals surface area (Å²) in [6.07, 6.45) is 1.82. The molecule has 1 aliphatic heterocycles. The highest BCUT2D eigenvalue weighted by Crippen LogP contribution is 2.36. The second kappa shape index (κ2) is 7.44. The highest BCUT2D eigenvalue weighted by atomic mass is 79.9. The van der Waals surface area contributed by atoms with Gasteiger partial charge in [-0.2, -0.15) is 5.10 Å². The molecule has 0 saturated carbocycles. The molecule has 0 aliphatic carbocycles. The molecule has 122 valence electrons. The average molecular weight is 486 g/mol. The van der Waals surface area contributed by atoms with E-state index in [0.717, 1.165) is 26.0 Å². The first-order valence-corrected chi connectivity index (χ1v) is 9.47. The number of nitrogens with zero attached hydrogens (tertiary/aromatic N) is 3. The molecule has 3 nitrogen and oxygen atoms in total. The fraction of sp³-hybridized carbons (Fsp3) is 0.118. The molecule has 0 aromatic heterocycles. The van der Waals surface area contributed by atoms with Crippen LogP contribution in [0.1, 0.15) is 6.92 Å². The van der Waals surface area contributed by atoms with Gasteiger partial charge >= 0.3 is 0 Å². The van der Waals surface area contributed by atoms with Crippen molar-refractivity contribution < 1.29 is 0 Å². The number of rotatable bonds is 3. The van der Waals surface area contributed by atoms with E-state index >= 15 is 0 Å². The number of halogens is 3. The Hall–Kier alpha value is -1.08. The van der Waals surface area contributed by atoms with Crippen LogP contribution >= 0.6 is 55.7 Å². The number of hydrogen-bond donors (Lipinski definition) is 0. The maximum atomic E-state index is 6.02. The molecule has 3 rings (SSSR count). The molecule has 0 saturated heterocycles. The van der Waals surface area contributed by atoms with E-state index in [1.54, 1.807) is 5.01 Å². The van der Waals surface area contributed by atoms with Crippen LogP contribution in [0.15, 0.2) is 61.5 Å². The van der Waals surface area contributed by atoms with Crippen molar-refractivity contribution in [2.75, 3.05) is 5.01 Å². The molecule has 1 heterocycles. The predicted octanol–water partition coefficient (Wildman–Crippen LogP) is 6.41. The molecule has 0 radical (unpaired) electrons. The van der Waals surface area contributed by atoms with E-state index in [-0.39, 0.29) is 5.92 Å². The molecule has 0 spiro atoms. The number of aliphatic imine (C=N–C) groups is 1. The molecule has 2 aromatic rings. The van der Waals surface area contributed by atoms with Crippen LogP contribution in [0, 0.1) is 5.92 Å². The van der Waals surface area contributed by atoms with Gasteiger partial charge in [0.15, 0.2) is 0 Å². The van der Waals surface area contributed by atoms with Crippen molar-refractivity contribution in [3.05, 3.63) is 56.4 Å². The summed E-state index contributed by atoms with van der Waals surface area (Å²) in [6, 6.07) is 13.5. The smallest absolute Gasteiger partial charge is 0.119 e. The Labute approximate surface area is 167 Å². The van der Waals surface area contributed by atoms with E-state index in [1.165, 1.54) is 0 Å². The standard InChI is InChI=1S/C17H12Br2ClN3S/c1-10-13(9-21-16-14(18)7-11(20)8-15(16)19)17(24)23(22-10)12-5-3-2-4-6-12/h2-9,13H,1H3. The van der Waals surface area contributed by atoms with Crippen LogP contribution in [0.4, 0.5) is 11.4 Å². The number of hydrogen-bond acceptors (Lipinski definition) is 3. The number of para-hydroxylation sites is 1.